The second-order valence-corrected chi connectivity index (χ2v) is 5.92. The van der Waals surface area contributed by atoms with E-state index in [4.69, 9.17) is 8.83 Å². The minimum atomic E-state index is -4.75. The van der Waals surface area contributed by atoms with Gasteiger partial charge in [0.1, 0.15) is 12.3 Å². The third kappa shape index (κ3) is 3.61. The molecule has 10 heteroatoms. The Labute approximate surface area is 155 Å². The zero-order valence-corrected chi connectivity index (χ0v) is 14.4. The highest BCUT2D eigenvalue weighted by Crippen LogP contribution is 2.28. The van der Waals surface area contributed by atoms with E-state index in [1.165, 1.54) is 28.8 Å². The zero-order valence-electron chi connectivity index (χ0n) is 14.4. The van der Waals surface area contributed by atoms with Crippen LogP contribution in [0.1, 0.15) is 11.8 Å². The highest BCUT2D eigenvalue weighted by Gasteiger charge is 2.31. The van der Waals surface area contributed by atoms with Crippen molar-refractivity contribution in [2.24, 2.45) is 0 Å². The van der Waals surface area contributed by atoms with Crippen molar-refractivity contribution in [1.82, 2.24) is 14.8 Å². The van der Waals surface area contributed by atoms with Crippen LogP contribution in [0.2, 0.25) is 0 Å². The number of hydrogen-bond acceptors (Lipinski definition) is 6. The average molecular weight is 391 g/mol. The van der Waals surface area contributed by atoms with E-state index in [1.54, 1.807) is 25.1 Å². The third-order valence-corrected chi connectivity index (χ3v) is 3.95. The maximum Gasteiger partial charge on any atom is 0.573 e. The molecule has 0 radical (unpaired) electrons. The van der Waals surface area contributed by atoms with Gasteiger partial charge in [-0.2, -0.15) is 0 Å². The Morgan fingerprint density at radius 3 is 2.39 bits per heavy atom. The van der Waals surface area contributed by atoms with E-state index in [0.717, 1.165) is 0 Å². The van der Waals surface area contributed by atoms with Crippen LogP contribution < -0.4 is 10.5 Å². The maximum atomic E-state index is 12.3. The standard InChI is InChI=1S/C18H12F3N3O4/c1-10-22-23-16(26-10)9-24-14-8-12(4-7-15(14)27-17(24)25)11-2-5-13(6-3-11)28-18(19,20)21/h2-8H,9H2,1H3. The molecular weight excluding hydrogens is 379 g/mol. The number of nitrogens with zero attached hydrogens (tertiary/aromatic N) is 3. The first kappa shape index (κ1) is 17.8. The molecule has 0 spiro atoms. The lowest BCUT2D eigenvalue weighted by molar-refractivity contribution is -0.274. The summed E-state index contributed by atoms with van der Waals surface area (Å²) < 4.78 is 52.6. The van der Waals surface area contributed by atoms with Crippen molar-refractivity contribution in [1.29, 1.82) is 0 Å². The lowest BCUT2D eigenvalue weighted by Crippen LogP contribution is -2.16. The van der Waals surface area contributed by atoms with Gasteiger partial charge in [-0.05, 0) is 35.4 Å². The molecule has 144 valence electrons. The number of benzene rings is 2. The van der Waals surface area contributed by atoms with Crippen LogP contribution in [-0.2, 0) is 6.54 Å². The smallest absolute Gasteiger partial charge is 0.424 e. The van der Waals surface area contributed by atoms with Crippen molar-refractivity contribution in [3.8, 4) is 16.9 Å². The van der Waals surface area contributed by atoms with Crippen LogP contribution in [0.5, 0.6) is 5.75 Å². The van der Waals surface area contributed by atoms with Crippen LogP contribution in [0.3, 0.4) is 0 Å². The van der Waals surface area contributed by atoms with Gasteiger partial charge >= 0.3 is 12.1 Å². The predicted molar refractivity (Wildman–Crippen MR) is 90.7 cm³/mol. The first-order valence-corrected chi connectivity index (χ1v) is 8.07. The number of oxazole rings is 1. The molecule has 0 saturated heterocycles. The zero-order chi connectivity index (χ0) is 19.9. The molecule has 2 heterocycles. The molecule has 0 aliphatic carbocycles. The molecule has 4 rings (SSSR count). The molecule has 0 amide bonds. The van der Waals surface area contributed by atoms with Gasteiger partial charge in [-0.3, -0.25) is 4.57 Å². The fourth-order valence-electron chi connectivity index (χ4n) is 2.78. The molecule has 0 bridgehead atoms. The molecule has 4 aromatic rings. The first-order valence-electron chi connectivity index (χ1n) is 8.07. The molecule has 2 aromatic carbocycles. The van der Waals surface area contributed by atoms with Gasteiger partial charge in [0, 0.05) is 6.92 Å². The molecule has 0 N–H and O–H groups in total. The van der Waals surface area contributed by atoms with Crippen molar-refractivity contribution in [2.75, 3.05) is 0 Å². The fraction of sp³-hybridized carbons (Fsp3) is 0.167. The van der Waals surface area contributed by atoms with Crippen LogP contribution in [0.4, 0.5) is 13.2 Å². The van der Waals surface area contributed by atoms with E-state index < -0.39 is 12.1 Å². The van der Waals surface area contributed by atoms with Crippen molar-refractivity contribution >= 4 is 11.1 Å². The quantitative estimate of drug-likeness (QED) is 0.525. The number of aromatic nitrogens is 3. The van der Waals surface area contributed by atoms with Crippen molar-refractivity contribution < 1.29 is 26.7 Å². The molecule has 0 saturated carbocycles. The third-order valence-electron chi connectivity index (χ3n) is 3.95. The highest BCUT2D eigenvalue weighted by atomic mass is 19.4. The highest BCUT2D eigenvalue weighted by molar-refractivity contribution is 5.80. The second kappa shape index (κ2) is 6.55. The summed E-state index contributed by atoms with van der Waals surface area (Å²) >= 11 is 0. The number of halogens is 3. The summed E-state index contributed by atoms with van der Waals surface area (Å²) in [6.07, 6.45) is -4.75. The monoisotopic (exact) mass is 391 g/mol. The molecule has 28 heavy (non-hydrogen) atoms. The summed E-state index contributed by atoms with van der Waals surface area (Å²) in [5.41, 5.74) is 2.18. The topological polar surface area (TPSA) is 83.3 Å². The van der Waals surface area contributed by atoms with Gasteiger partial charge in [-0.25, -0.2) is 4.79 Å². The summed E-state index contributed by atoms with van der Waals surface area (Å²) in [5.74, 6) is -0.278. The van der Waals surface area contributed by atoms with E-state index in [1.807, 2.05) is 0 Å². The van der Waals surface area contributed by atoms with Gasteiger partial charge in [0.2, 0.25) is 11.8 Å². The second-order valence-electron chi connectivity index (χ2n) is 5.92. The van der Waals surface area contributed by atoms with Gasteiger partial charge in [0.25, 0.3) is 0 Å². The SMILES string of the molecule is Cc1nnc(Cn2c(=O)oc3ccc(-c4ccc(OC(F)(F)F)cc4)cc32)o1. The Kier molecular flexibility index (Phi) is 4.17. The number of hydrogen-bond donors (Lipinski definition) is 0. The van der Waals surface area contributed by atoms with Gasteiger partial charge < -0.3 is 13.6 Å². The average Bonchev–Trinajstić information content (AvgIpc) is 3.17. The van der Waals surface area contributed by atoms with Crippen molar-refractivity contribution in [2.45, 2.75) is 19.8 Å². The van der Waals surface area contributed by atoms with Crippen molar-refractivity contribution in [3.05, 3.63) is 64.8 Å². The van der Waals surface area contributed by atoms with Crippen LogP contribution >= 0.6 is 0 Å². The van der Waals surface area contributed by atoms with E-state index in [0.29, 0.717) is 28.1 Å². The largest absolute Gasteiger partial charge is 0.573 e. The van der Waals surface area contributed by atoms with Crippen molar-refractivity contribution in [3.63, 3.8) is 0 Å². The number of rotatable bonds is 4. The first-order chi connectivity index (χ1) is 13.3. The number of ether oxygens (including phenoxy) is 1. The minimum Gasteiger partial charge on any atom is -0.424 e. The molecule has 0 aliphatic heterocycles. The summed E-state index contributed by atoms with van der Waals surface area (Å²) in [5, 5.41) is 7.59. The molecule has 0 aliphatic rings. The molecule has 0 unspecified atom stereocenters. The number of fused-ring (bicyclic) bond motifs is 1. The van der Waals surface area contributed by atoms with E-state index in [-0.39, 0.29) is 18.2 Å². The van der Waals surface area contributed by atoms with E-state index >= 15 is 0 Å². The van der Waals surface area contributed by atoms with Crippen LogP contribution in [0.25, 0.3) is 22.2 Å². The van der Waals surface area contributed by atoms with E-state index in [2.05, 4.69) is 14.9 Å². The summed E-state index contributed by atoms with van der Waals surface area (Å²) in [4.78, 5) is 12.2. The molecule has 2 aromatic heterocycles. The minimum absolute atomic E-state index is 0.0362. The fourth-order valence-corrected chi connectivity index (χ4v) is 2.78. The van der Waals surface area contributed by atoms with E-state index in [9.17, 15) is 18.0 Å². The number of alkyl halides is 3. The molecule has 7 nitrogen and oxygen atoms in total. The summed E-state index contributed by atoms with van der Waals surface area (Å²) in [6, 6.07) is 10.4. The van der Waals surface area contributed by atoms with Crippen LogP contribution in [-0.4, -0.2) is 21.1 Å². The molecule has 0 fully saturated rings. The van der Waals surface area contributed by atoms with Crippen LogP contribution in [0, 0.1) is 6.92 Å². The Hall–Kier alpha value is -3.56. The molecular formula is C18H12F3N3O4. The lowest BCUT2D eigenvalue weighted by Gasteiger charge is -2.09. The normalized spacial score (nSPS) is 11.9. The Bertz CT molecular complexity index is 1190. The van der Waals surface area contributed by atoms with Gasteiger partial charge in [0.15, 0.2) is 5.58 Å². The Morgan fingerprint density at radius 1 is 1.04 bits per heavy atom. The summed E-state index contributed by atoms with van der Waals surface area (Å²) in [6.45, 7) is 1.67. The maximum absolute atomic E-state index is 12.3. The lowest BCUT2D eigenvalue weighted by atomic mass is 10.1. The Balaban J connectivity index is 1.69. The van der Waals surface area contributed by atoms with Crippen LogP contribution in [0.15, 0.2) is 56.1 Å². The van der Waals surface area contributed by atoms with Gasteiger partial charge in [-0.15, -0.1) is 23.4 Å². The molecule has 0 atom stereocenters. The summed E-state index contributed by atoms with van der Waals surface area (Å²) in [7, 11) is 0. The van der Waals surface area contributed by atoms with Gasteiger partial charge in [0.05, 0.1) is 5.52 Å². The Morgan fingerprint density at radius 2 is 1.75 bits per heavy atom. The number of aryl methyl sites for hydroxylation is 1. The van der Waals surface area contributed by atoms with Gasteiger partial charge in [-0.1, -0.05) is 18.2 Å². The predicted octanol–water partition coefficient (Wildman–Crippen LogP) is 3.90.